The van der Waals surface area contributed by atoms with E-state index in [-0.39, 0.29) is 11.3 Å². The van der Waals surface area contributed by atoms with E-state index in [1.807, 2.05) is 91.0 Å². The zero-order chi connectivity index (χ0) is 26.1. The molecule has 0 N–H and O–H groups in total. The Morgan fingerprint density at radius 3 is 1.92 bits per heavy atom. The minimum absolute atomic E-state index is 0.0691. The summed E-state index contributed by atoms with van der Waals surface area (Å²) in [5.41, 5.74) is 5.18. The molecule has 0 bridgehead atoms. The van der Waals surface area contributed by atoms with Gasteiger partial charge in [0.15, 0.2) is 5.58 Å². The Labute approximate surface area is 220 Å². The van der Waals surface area contributed by atoms with E-state index in [0.29, 0.717) is 23.4 Å². The zero-order valence-corrected chi connectivity index (χ0v) is 21.3. The molecule has 188 valence electrons. The monoisotopic (exact) mass is 501 g/mol. The fourth-order valence-corrected chi connectivity index (χ4v) is 5.15. The molecule has 0 unspecified atom stereocenters. The van der Waals surface area contributed by atoms with Gasteiger partial charge in [-0.1, -0.05) is 66.7 Å². The van der Waals surface area contributed by atoms with Crippen molar-refractivity contribution >= 4 is 22.0 Å². The quantitative estimate of drug-likeness (QED) is 0.237. The highest BCUT2D eigenvalue weighted by atomic mass is 16.5. The molecule has 4 aromatic carbocycles. The number of rotatable bonds is 7. The van der Waals surface area contributed by atoms with Crippen LogP contribution < -0.4 is 14.9 Å². The molecular formula is C33H27NO4. The van der Waals surface area contributed by atoms with Crippen molar-refractivity contribution in [2.75, 3.05) is 14.2 Å². The van der Waals surface area contributed by atoms with E-state index in [1.165, 1.54) is 0 Å². The van der Waals surface area contributed by atoms with E-state index in [2.05, 4.69) is 16.7 Å². The van der Waals surface area contributed by atoms with Crippen molar-refractivity contribution in [3.05, 3.63) is 142 Å². The van der Waals surface area contributed by atoms with Gasteiger partial charge in [0.25, 0.3) is 0 Å². The molecule has 0 aliphatic rings. The highest BCUT2D eigenvalue weighted by Gasteiger charge is 2.24. The summed E-state index contributed by atoms with van der Waals surface area (Å²) in [6.07, 6.45) is 0. The van der Waals surface area contributed by atoms with Crippen LogP contribution in [-0.4, -0.2) is 18.8 Å². The molecule has 0 atom stereocenters. The second-order valence-corrected chi connectivity index (χ2v) is 9.26. The first-order valence-corrected chi connectivity index (χ1v) is 12.5. The molecular weight excluding hydrogens is 474 g/mol. The van der Waals surface area contributed by atoms with Crippen molar-refractivity contribution in [3.8, 4) is 11.5 Å². The maximum atomic E-state index is 13.8. The third-order valence-electron chi connectivity index (χ3n) is 7.02. The van der Waals surface area contributed by atoms with Crippen molar-refractivity contribution in [2.45, 2.75) is 12.5 Å². The number of methoxy groups -OCH3 is 2. The molecule has 2 heterocycles. The van der Waals surface area contributed by atoms with E-state index in [0.717, 1.165) is 39.1 Å². The van der Waals surface area contributed by atoms with Crippen molar-refractivity contribution in [1.82, 2.24) is 4.57 Å². The molecule has 5 nitrogen and oxygen atoms in total. The van der Waals surface area contributed by atoms with Crippen molar-refractivity contribution in [2.24, 2.45) is 0 Å². The van der Waals surface area contributed by atoms with Gasteiger partial charge in [-0.3, -0.25) is 4.79 Å². The predicted octanol–water partition coefficient (Wildman–Crippen LogP) is 6.99. The standard InChI is InChI=1S/C33H27NO4/c1-36-25-16-12-23(13-17-25)31(24-14-18-26(37-2)19-15-24)30-20-29(35)32-33(38-30)27-10-6-7-11-28(27)34(32)21-22-8-4-3-5-9-22/h3-20,31H,21H2,1-2H3. The fraction of sp³-hybridized carbons (Fsp3) is 0.121. The third-order valence-corrected chi connectivity index (χ3v) is 7.02. The zero-order valence-electron chi connectivity index (χ0n) is 21.3. The molecule has 0 saturated heterocycles. The number of hydrogen-bond donors (Lipinski definition) is 0. The fourth-order valence-electron chi connectivity index (χ4n) is 5.15. The van der Waals surface area contributed by atoms with Crippen LogP contribution >= 0.6 is 0 Å². The highest BCUT2D eigenvalue weighted by Crippen LogP contribution is 2.36. The van der Waals surface area contributed by atoms with Crippen LogP contribution in [0, 0.1) is 0 Å². The van der Waals surface area contributed by atoms with Crippen LogP contribution in [0.1, 0.15) is 28.4 Å². The lowest BCUT2D eigenvalue weighted by molar-refractivity contribution is 0.414. The van der Waals surface area contributed by atoms with Crippen LogP contribution in [0.2, 0.25) is 0 Å². The molecule has 6 aromatic rings. The summed E-state index contributed by atoms with van der Waals surface area (Å²) in [6, 6.07) is 35.6. The second kappa shape index (κ2) is 9.94. The van der Waals surface area contributed by atoms with Gasteiger partial charge in [-0.25, -0.2) is 0 Å². The Balaban J connectivity index is 1.57. The maximum absolute atomic E-state index is 13.8. The lowest BCUT2D eigenvalue weighted by atomic mass is 9.88. The summed E-state index contributed by atoms with van der Waals surface area (Å²) in [5.74, 6) is 1.83. The minimum atomic E-state index is -0.292. The minimum Gasteiger partial charge on any atom is -0.497 e. The molecule has 0 amide bonds. The van der Waals surface area contributed by atoms with Gasteiger partial charge in [0.05, 0.1) is 25.7 Å². The molecule has 0 fully saturated rings. The molecule has 0 radical (unpaired) electrons. The van der Waals surface area contributed by atoms with Gasteiger partial charge in [0.2, 0.25) is 5.43 Å². The summed E-state index contributed by atoms with van der Waals surface area (Å²) < 4.78 is 19.5. The normalized spacial score (nSPS) is 11.3. The van der Waals surface area contributed by atoms with Crippen molar-refractivity contribution < 1.29 is 13.9 Å². The summed E-state index contributed by atoms with van der Waals surface area (Å²) in [4.78, 5) is 13.8. The molecule has 0 aliphatic heterocycles. The molecule has 5 heteroatoms. The molecule has 0 saturated carbocycles. The molecule has 6 rings (SSSR count). The van der Waals surface area contributed by atoms with Gasteiger partial charge in [-0.15, -0.1) is 0 Å². The summed E-state index contributed by atoms with van der Waals surface area (Å²) in [5, 5.41) is 0.917. The van der Waals surface area contributed by atoms with E-state index in [9.17, 15) is 4.79 Å². The number of benzene rings is 4. The number of aromatic nitrogens is 1. The van der Waals surface area contributed by atoms with Crippen LogP contribution in [0.15, 0.2) is 118 Å². The lowest BCUT2D eigenvalue weighted by Gasteiger charge is -2.18. The van der Waals surface area contributed by atoms with E-state index in [1.54, 1.807) is 20.3 Å². The molecule has 0 spiro atoms. The smallest absolute Gasteiger partial charge is 0.209 e. The Hall–Kier alpha value is -4.77. The average Bonchev–Trinajstić information content (AvgIpc) is 3.28. The van der Waals surface area contributed by atoms with Gasteiger partial charge in [0, 0.05) is 18.0 Å². The number of fused-ring (bicyclic) bond motifs is 3. The number of nitrogens with zero attached hydrogens (tertiary/aromatic N) is 1. The van der Waals surface area contributed by atoms with Crippen LogP contribution in [-0.2, 0) is 6.54 Å². The predicted molar refractivity (Wildman–Crippen MR) is 150 cm³/mol. The first-order chi connectivity index (χ1) is 18.7. The van der Waals surface area contributed by atoms with E-state index >= 15 is 0 Å². The highest BCUT2D eigenvalue weighted by molar-refractivity contribution is 6.04. The van der Waals surface area contributed by atoms with Crippen LogP contribution in [0.3, 0.4) is 0 Å². The largest absolute Gasteiger partial charge is 0.497 e. The first-order valence-electron chi connectivity index (χ1n) is 12.5. The Morgan fingerprint density at radius 1 is 0.737 bits per heavy atom. The van der Waals surface area contributed by atoms with Crippen molar-refractivity contribution in [3.63, 3.8) is 0 Å². The second-order valence-electron chi connectivity index (χ2n) is 9.26. The molecule has 2 aromatic heterocycles. The SMILES string of the molecule is COc1ccc(C(c2ccc(OC)cc2)c2cc(=O)c3c(o2)c2ccccc2n3Cc2ccccc2)cc1. The molecule has 38 heavy (non-hydrogen) atoms. The number of para-hydroxylation sites is 1. The number of ether oxygens (including phenoxy) is 2. The van der Waals surface area contributed by atoms with Gasteiger partial charge in [-0.05, 0) is 53.1 Å². The van der Waals surface area contributed by atoms with Crippen LogP contribution in [0.25, 0.3) is 22.0 Å². The summed E-state index contributed by atoms with van der Waals surface area (Å²) in [6.45, 7) is 0.579. The topological polar surface area (TPSA) is 53.6 Å². The van der Waals surface area contributed by atoms with Gasteiger partial charge in [-0.2, -0.15) is 0 Å². The maximum Gasteiger partial charge on any atom is 0.209 e. The van der Waals surface area contributed by atoms with Gasteiger partial charge in [0.1, 0.15) is 22.8 Å². The number of hydrogen-bond acceptors (Lipinski definition) is 4. The summed E-state index contributed by atoms with van der Waals surface area (Å²) >= 11 is 0. The van der Waals surface area contributed by atoms with Crippen molar-refractivity contribution in [1.29, 1.82) is 0 Å². The summed E-state index contributed by atoms with van der Waals surface area (Å²) in [7, 11) is 3.29. The Kier molecular flexibility index (Phi) is 6.18. The first kappa shape index (κ1) is 23.6. The van der Waals surface area contributed by atoms with Crippen LogP contribution in [0.5, 0.6) is 11.5 Å². The van der Waals surface area contributed by atoms with Crippen LogP contribution in [0.4, 0.5) is 0 Å². The van der Waals surface area contributed by atoms with E-state index < -0.39 is 0 Å². The third kappa shape index (κ3) is 4.22. The average molecular weight is 502 g/mol. The Bertz CT molecular complexity index is 1720. The van der Waals surface area contributed by atoms with E-state index in [4.69, 9.17) is 13.9 Å². The Morgan fingerprint density at radius 2 is 1.32 bits per heavy atom. The molecule has 0 aliphatic carbocycles. The lowest BCUT2D eigenvalue weighted by Crippen LogP contribution is -2.12. The van der Waals surface area contributed by atoms with Gasteiger partial charge < -0.3 is 18.5 Å². The van der Waals surface area contributed by atoms with Gasteiger partial charge >= 0.3 is 0 Å².